The number of hydrogen-bond acceptors (Lipinski definition) is 5. The van der Waals surface area contributed by atoms with Crippen molar-refractivity contribution in [1.29, 1.82) is 0 Å². The maximum absolute atomic E-state index is 11.4. The van der Waals surface area contributed by atoms with Crippen LogP contribution in [0.25, 0.3) is 0 Å². The number of aliphatic hydroxyl groups excluding tert-OH is 1. The third-order valence-corrected chi connectivity index (χ3v) is 1.87. The summed E-state index contributed by atoms with van der Waals surface area (Å²) in [5.74, 6) is -0.380. The van der Waals surface area contributed by atoms with Crippen molar-refractivity contribution in [2.45, 2.75) is 45.3 Å². The molecule has 0 aliphatic rings. The van der Waals surface area contributed by atoms with Gasteiger partial charge < -0.3 is 19.9 Å². The number of rotatable bonds is 5. The summed E-state index contributed by atoms with van der Waals surface area (Å²) in [5.41, 5.74) is -0.591. The third kappa shape index (κ3) is 8.50. The highest BCUT2D eigenvalue weighted by Gasteiger charge is 2.19. The molecule has 0 saturated carbocycles. The van der Waals surface area contributed by atoms with E-state index in [2.05, 4.69) is 10.1 Å². The van der Waals surface area contributed by atoms with E-state index < -0.39 is 17.7 Å². The van der Waals surface area contributed by atoms with Gasteiger partial charge in [0, 0.05) is 6.42 Å². The molecule has 0 heterocycles. The van der Waals surface area contributed by atoms with Crippen LogP contribution < -0.4 is 5.32 Å². The largest absolute Gasteiger partial charge is 0.469 e. The minimum absolute atomic E-state index is 0.136. The number of carbonyl (C=O) groups excluding carboxylic acids is 2. The first-order valence-electron chi connectivity index (χ1n) is 5.45. The van der Waals surface area contributed by atoms with Crippen LogP contribution in [-0.4, -0.2) is 42.5 Å². The second-order valence-electron chi connectivity index (χ2n) is 4.64. The molecule has 0 bridgehead atoms. The van der Waals surface area contributed by atoms with E-state index in [1.54, 1.807) is 20.8 Å². The highest BCUT2D eigenvalue weighted by Crippen LogP contribution is 2.07. The molecule has 0 unspecified atom stereocenters. The van der Waals surface area contributed by atoms with Crippen molar-refractivity contribution in [1.82, 2.24) is 5.32 Å². The molecule has 6 heteroatoms. The number of nitrogens with one attached hydrogen (secondary N) is 1. The van der Waals surface area contributed by atoms with Gasteiger partial charge in [-0.15, -0.1) is 0 Å². The van der Waals surface area contributed by atoms with Gasteiger partial charge in [0.15, 0.2) is 0 Å². The molecule has 0 aliphatic heterocycles. The topological polar surface area (TPSA) is 84.9 Å². The number of esters is 1. The molecule has 6 nitrogen and oxygen atoms in total. The van der Waals surface area contributed by atoms with Crippen molar-refractivity contribution < 1.29 is 24.2 Å². The average molecular weight is 247 g/mol. The number of hydrogen-bond donors (Lipinski definition) is 2. The van der Waals surface area contributed by atoms with E-state index in [0.29, 0.717) is 6.42 Å². The molecule has 17 heavy (non-hydrogen) atoms. The fourth-order valence-electron chi connectivity index (χ4n) is 1.08. The Morgan fingerprint density at radius 3 is 2.35 bits per heavy atom. The van der Waals surface area contributed by atoms with Crippen LogP contribution in [0.1, 0.15) is 33.6 Å². The minimum Gasteiger partial charge on any atom is -0.469 e. The summed E-state index contributed by atoms with van der Waals surface area (Å²) in [6.45, 7) is 4.98. The first kappa shape index (κ1) is 15.7. The molecule has 0 radical (unpaired) electrons. The standard InChI is InChI=1S/C11H21NO5/c1-11(2,3)17-10(15)12-8(7-13)5-6-9(14)16-4/h8,13H,5-7H2,1-4H3,(H,12,15)/t8-/m1/s1. The summed E-state index contributed by atoms with van der Waals surface area (Å²) >= 11 is 0. The molecular formula is C11H21NO5. The molecule has 1 atom stereocenters. The Bertz CT molecular complexity index is 259. The summed E-state index contributed by atoms with van der Waals surface area (Å²) in [5, 5.41) is 11.5. The normalized spacial score (nSPS) is 12.8. The second kappa shape index (κ2) is 7.11. The van der Waals surface area contributed by atoms with Crippen LogP contribution in [0, 0.1) is 0 Å². The molecule has 0 aromatic carbocycles. The molecular weight excluding hydrogens is 226 g/mol. The molecule has 1 amide bonds. The van der Waals surface area contributed by atoms with Gasteiger partial charge in [-0.1, -0.05) is 0 Å². The molecule has 0 aliphatic carbocycles. The summed E-state index contributed by atoms with van der Waals surface area (Å²) < 4.78 is 9.49. The number of amides is 1. The zero-order chi connectivity index (χ0) is 13.5. The smallest absolute Gasteiger partial charge is 0.407 e. The average Bonchev–Trinajstić information content (AvgIpc) is 2.20. The minimum atomic E-state index is -0.610. The van der Waals surface area contributed by atoms with Crippen molar-refractivity contribution in [3.8, 4) is 0 Å². The zero-order valence-electron chi connectivity index (χ0n) is 10.8. The van der Waals surface area contributed by atoms with E-state index in [9.17, 15) is 9.59 Å². The monoisotopic (exact) mass is 247 g/mol. The van der Waals surface area contributed by atoms with Crippen molar-refractivity contribution in [3.63, 3.8) is 0 Å². The number of ether oxygens (including phenoxy) is 2. The molecule has 0 aromatic heterocycles. The van der Waals surface area contributed by atoms with E-state index in [1.807, 2.05) is 0 Å². The van der Waals surface area contributed by atoms with E-state index in [1.165, 1.54) is 7.11 Å². The lowest BCUT2D eigenvalue weighted by Gasteiger charge is -2.22. The van der Waals surface area contributed by atoms with Gasteiger partial charge in [0.05, 0.1) is 19.8 Å². The van der Waals surface area contributed by atoms with Crippen LogP contribution in [-0.2, 0) is 14.3 Å². The fourth-order valence-corrected chi connectivity index (χ4v) is 1.08. The van der Waals surface area contributed by atoms with Gasteiger partial charge in [-0.25, -0.2) is 4.79 Å². The maximum atomic E-state index is 11.4. The first-order chi connectivity index (χ1) is 7.78. The highest BCUT2D eigenvalue weighted by molar-refractivity contribution is 5.70. The molecule has 2 N–H and O–H groups in total. The van der Waals surface area contributed by atoms with Gasteiger partial charge in [-0.05, 0) is 27.2 Å². The highest BCUT2D eigenvalue weighted by atomic mass is 16.6. The number of alkyl carbamates (subject to hydrolysis) is 1. The number of methoxy groups -OCH3 is 1. The maximum Gasteiger partial charge on any atom is 0.407 e. The van der Waals surface area contributed by atoms with E-state index in [-0.39, 0.29) is 19.0 Å². The van der Waals surface area contributed by atoms with Crippen molar-refractivity contribution in [3.05, 3.63) is 0 Å². The SMILES string of the molecule is COC(=O)CC[C@H](CO)NC(=O)OC(C)(C)C. The van der Waals surface area contributed by atoms with Gasteiger partial charge in [0.25, 0.3) is 0 Å². The summed E-state index contributed by atoms with van der Waals surface area (Å²) in [4.78, 5) is 22.3. The molecule has 0 fully saturated rings. The van der Waals surface area contributed by atoms with Crippen LogP contribution in [0.5, 0.6) is 0 Å². The number of aliphatic hydroxyl groups is 1. The van der Waals surface area contributed by atoms with Crippen LogP contribution in [0.4, 0.5) is 4.79 Å². The summed E-state index contributed by atoms with van der Waals surface area (Å²) in [6, 6.07) is -0.510. The zero-order valence-corrected chi connectivity index (χ0v) is 10.8. The molecule has 0 aromatic rings. The fraction of sp³-hybridized carbons (Fsp3) is 0.818. The lowest BCUT2D eigenvalue weighted by molar-refractivity contribution is -0.140. The Kier molecular flexibility index (Phi) is 6.57. The van der Waals surface area contributed by atoms with Gasteiger partial charge in [0.2, 0.25) is 0 Å². The van der Waals surface area contributed by atoms with E-state index >= 15 is 0 Å². The van der Waals surface area contributed by atoms with Crippen LogP contribution >= 0.6 is 0 Å². The molecule has 0 spiro atoms. The Morgan fingerprint density at radius 2 is 1.94 bits per heavy atom. The third-order valence-electron chi connectivity index (χ3n) is 1.87. The Hall–Kier alpha value is -1.30. The molecule has 0 rings (SSSR count). The predicted molar refractivity (Wildman–Crippen MR) is 61.5 cm³/mol. The van der Waals surface area contributed by atoms with Gasteiger partial charge >= 0.3 is 12.1 Å². The Balaban J connectivity index is 4.04. The van der Waals surface area contributed by atoms with Gasteiger partial charge in [-0.2, -0.15) is 0 Å². The van der Waals surface area contributed by atoms with Crippen molar-refractivity contribution in [2.24, 2.45) is 0 Å². The predicted octanol–water partition coefficient (Wildman–Crippen LogP) is 0.825. The van der Waals surface area contributed by atoms with Crippen LogP contribution in [0.15, 0.2) is 0 Å². The van der Waals surface area contributed by atoms with Crippen molar-refractivity contribution in [2.75, 3.05) is 13.7 Å². The summed E-state index contributed by atoms with van der Waals surface area (Å²) in [7, 11) is 1.29. The first-order valence-corrected chi connectivity index (χ1v) is 5.45. The van der Waals surface area contributed by atoms with Gasteiger partial charge in [-0.3, -0.25) is 4.79 Å². The number of carbonyl (C=O) groups is 2. The second-order valence-corrected chi connectivity index (χ2v) is 4.64. The van der Waals surface area contributed by atoms with E-state index in [0.717, 1.165) is 0 Å². The van der Waals surface area contributed by atoms with Crippen LogP contribution in [0.3, 0.4) is 0 Å². The lowest BCUT2D eigenvalue weighted by atomic mass is 10.1. The quantitative estimate of drug-likeness (QED) is 0.703. The Morgan fingerprint density at radius 1 is 1.35 bits per heavy atom. The summed E-state index contributed by atoms with van der Waals surface area (Å²) in [6.07, 6.45) is -0.165. The molecule has 100 valence electrons. The van der Waals surface area contributed by atoms with Crippen LogP contribution in [0.2, 0.25) is 0 Å². The van der Waals surface area contributed by atoms with E-state index in [4.69, 9.17) is 9.84 Å². The molecule has 0 saturated heterocycles. The Labute approximate surface area is 101 Å². The van der Waals surface area contributed by atoms with Crippen molar-refractivity contribution >= 4 is 12.1 Å². The lowest BCUT2D eigenvalue weighted by Crippen LogP contribution is -2.41. The van der Waals surface area contributed by atoms with Gasteiger partial charge in [0.1, 0.15) is 5.60 Å².